The lowest BCUT2D eigenvalue weighted by molar-refractivity contribution is -0.138. The van der Waals surface area contributed by atoms with Gasteiger partial charge in [-0.05, 0) is 53.9 Å². The third-order valence-electron chi connectivity index (χ3n) is 5.12. The van der Waals surface area contributed by atoms with Crippen molar-refractivity contribution in [3.63, 3.8) is 0 Å². The molecular weight excluding hydrogens is 256 g/mol. The zero-order valence-corrected chi connectivity index (χ0v) is 11.9. The Labute approximate surface area is 118 Å². The summed E-state index contributed by atoms with van der Waals surface area (Å²) in [5, 5.41) is 21.0. The maximum atomic E-state index is 10.9. The molecule has 0 spiro atoms. The maximum absolute atomic E-state index is 10.9. The summed E-state index contributed by atoms with van der Waals surface area (Å²) in [4.78, 5) is 10.9. The average molecular weight is 278 g/mol. The average Bonchev–Trinajstić information content (AvgIpc) is 3.12. The summed E-state index contributed by atoms with van der Waals surface area (Å²) in [6, 6.07) is -0.129. The monoisotopic (exact) mass is 278 g/mol. The van der Waals surface area contributed by atoms with E-state index in [0.29, 0.717) is 5.92 Å². The van der Waals surface area contributed by atoms with Crippen molar-refractivity contribution in [3.05, 3.63) is 5.82 Å². The Balaban J connectivity index is 1.71. The van der Waals surface area contributed by atoms with Crippen LogP contribution in [0.3, 0.4) is 0 Å². The molecule has 0 aromatic carbocycles. The number of rotatable bonds is 6. The number of carboxylic acids is 1. The second kappa shape index (κ2) is 5.50. The number of tetrazole rings is 1. The fraction of sp³-hybridized carbons (Fsp3) is 0.857. The normalized spacial score (nSPS) is 29.8. The zero-order chi connectivity index (χ0) is 14.1. The molecule has 1 heterocycles. The molecule has 1 aromatic rings. The Morgan fingerprint density at radius 2 is 2.30 bits per heavy atom. The van der Waals surface area contributed by atoms with E-state index in [1.165, 1.54) is 25.7 Å². The lowest BCUT2D eigenvalue weighted by atomic mass is 9.86. The maximum Gasteiger partial charge on any atom is 0.305 e. The lowest BCUT2D eigenvalue weighted by Crippen LogP contribution is -2.21. The van der Waals surface area contributed by atoms with Crippen molar-refractivity contribution in [3.8, 4) is 0 Å². The summed E-state index contributed by atoms with van der Waals surface area (Å²) in [7, 11) is 0. The van der Waals surface area contributed by atoms with Gasteiger partial charge >= 0.3 is 5.97 Å². The van der Waals surface area contributed by atoms with Crippen LogP contribution in [0.1, 0.15) is 57.3 Å². The number of carbonyl (C=O) groups is 1. The summed E-state index contributed by atoms with van der Waals surface area (Å²) in [5.41, 5.74) is 0. The van der Waals surface area contributed by atoms with Crippen molar-refractivity contribution in [2.45, 2.75) is 57.9 Å². The minimum atomic E-state index is -0.793. The van der Waals surface area contributed by atoms with E-state index in [0.717, 1.165) is 30.5 Å². The van der Waals surface area contributed by atoms with Crippen LogP contribution in [0.25, 0.3) is 0 Å². The predicted octanol–water partition coefficient (Wildman–Crippen LogP) is 2.08. The summed E-state index contributed by atoms with van der Waals surface area (Å²) in [5.74, 6) is 2.52. The Kier molecular flexibility index (Phi) is 3.72. The van der Waals surface area contributed by atoms with Crippen molar-refractivity contribution in [2.24, 2.45) is 17.8 Å². The van der Waals surface area contributed by atoms with E-state index in [1.54, 1.807) is 4.68 Å². The van der Waals surface area contributed by atoms with Crippen LogP contribution >= 0.6 is 0 Å². The van der Waals surface area contributed by atoms with Crippen LogP contribution in [-0.2, 0) is 11.2 Å². The van der Waals surface area contributed by atoms with Crippen molar-refractivity contribution in [2.75, 3.05) is 0 Å². The van der Waals surface area contributed by atoms with Gasteiger partial charge in [0, 0.05) is 6.42 Å². The first-order valence-corrected chi connectivity index (χ1v) is 7.65. The van der Waals surface area contributed by atoms with Gasteiger partial charge in [0.1, 0.15) is 0 Å². The zero-order valence-electron chi connectivity index (χ0n) is 11.9. The highest BCUT2D eigenvalue weighted by Gasteiger charge is 2.40. The summed E-state index contributed by atoms with van der Waals surface area (Å²) in [6.07, 6.45) is 7.15. The number of nitrogens with zero attached hydrogens (tertiary/aromatic N) is 4. The number of carboxylic acid groups (broad SMARTS) is 1. The second-order valence-electron chi connectivity index (χ2n) is 6.34. The van der Waals surface area contributed by atoms with Crippen LogP contribution in [0.2, 0.25) is 0 Å². The first kappa shape index (κ1) is 13.5. The molecule has 4 unspecified atom stereocenters. The molecule has 6 nitrogen and oxygen atoms in total. The highest BCUT2D eigenvalue weighted by molar-refractivity contribution is 5.67. The van der Waals surface area contributed by atoms with E-state index in [1.807, 2.05) is 6.92 Å². The van der Waals surface area contributed by atoms with Crippen molar-refractivity contribution in [1.82, 2.24) is 20.2 Å². The van der Waals surface area contributed by atoms with Crippen molar-refractivity contribution >= 4 is 5.97 Å². The van der Waals surface area contributed by atoms with Gasteiger partial charge in [-0.15, -0.1) is 5.10 Å². The second-order valence-corrected chi connectivity index (χ2v) is 6.34. The largest absolute Gasteiger partial charge is 0.481 e. The van der Waals surface area contributed by atoms with Gasteiger partial charge in [0.05, 0.1) is 12.5 Å². The molecule has 2 fully saturated rings. The minimum absolute atomic E-state index is 0.0886. The van der Waals surface area contributed by atoms with Crippen LogP contribution in [0.4, 0.5) is 0 Å². The third kappa shape index (κ3) is 2.55. The summed E-state index contributed by atoms with van der Waals surface area (Å²) in [6.45, 7) is 1.98. The predicted molar refractivity (Wildman–Crippen MR) is 72.0 cm³/mol. The van der Waals surface area contributed by atoms with Gasteiger partial charge in [-0.25, -0.2) is 4.68 Å². The van der Waals surface area contributed by atoms with E-state index in [4.69, 9.17) is 5.11 Å². The van der Waals surface area contributed by atoms with E-state index >= 15 is 0 Å². The molecule has 0 amide bonds. The van der Waals surface area contributed by atoms with Crippen molar-refractivity contribution in [1.29, 1.82) is 0 Å². The Bertz CT molecular complexity index is 487. The molecular formula is C14H22N4O2. The minimum Gasteiger partial charge on any atom is -0.481 e. The van der Waals surface area contributed by atoms with Gasteiger partial charge in [0.25, 0.3) is 0 Å². The molecule has 2 aliphatic carbocycles. The third-order valence-corrected chi connectivity index (χ3v) is 5.12. The molecule has 0 aliphatic heterocycles. The molecule has 0 radical (unpaired) electrons. The fourth-order valence-electron chi connectivity index (χ4n) is 4.10. The van der Waals surface area contributed by atoms with Crippen LogP contribution < -0.4 is 0 Å². The number of hydrogen-bond acceptors (Lipinski definition) is 4. The molecule has 2 saturated carbocycles. The van der Waals surface area contributed by atoms with Gasteiger partial charge in [-0.1, -0.05) is 13.3 Å². The molecule has 2 bridgehead atoms. The Hall–Kier alpha value is -1.46. The molecule has 1 aromatic heterocycles. The first-order valence-electron chi connectivity index (χ1n) is 7.65. The van der Waals surface area contributed by atoms with Crippen LogP contribution in [-0.4, -0.2) is 31.3 Å². The van der Waals surface area contributed by atoms with Gasteiger partial charge in [0.2, 0.25) is 0 Å². The quantitative estimate of drug-likeness (QED) is 0.861. The number of aliphatic carboxylic acids is 1. The molecule has 20 heavy (non-hydrogen) atoms. The topological polar surface area (TPSA) is 80.9 Å². The van der Waals surface area contributed by atoms with E-state index < -0.39 is 5.97 Å². The van der Waals surface area contributed by atoms with Gasteiger partial charge < -0.3 is 5.11 Å². The standard InChI is InChI=1S/C14H22N4O2/c1-2-12(8-14(19)20)18-13(15-16-17-18)7-11-6-9-3-4-10(11)5-9/h9-12H,2-8H2,1H3,(H,19,20). The Morgan fingerprint density at radius 3 is 2.90 bits per heavy atom. The molecule has 3 rings (SSSR count). The van der Waals surface area contributed by atoms with E-state index in [-0.39, 0.29) is 12.5 Å². The number of hydrogen-bond donors (Lipinski definition) is 1. The summed E-state index contributed by atoms with van der Waals surface area (Å²) >= 11 is 0. The highest BCUT2D eigenvalue weighted by atomic mass is 16.4. The summed E-state index contributed by atoms with van der Waals surface area (Å²) < 4.78 is 1.75. The Morgan fingerprint density at radius 1 is 1.45 bits per heavy atom. The van der Waals surface area contributed by atoms with E-state index in [2.05, 4.69) is 15.5 Å². The highest BCUT2D eigenvalue weighted by Crippen LogP contribution is 2.49. The molecule has 6 heteroatoms. The fourth-order valence-corrected chi connectivity index (χ4v) is 4.10. The SMILES string of the molecule is CCC(CC(=O)O)n1nnnc1CC1CC2CCC1C2. The van der Waals surface area contributed by atoms with Crippen LogP contribution in [0.5, 0.6) is 0 Å². The number of fused-ring (bicyclic) bond motifs is 2. The lowest BCUT2D eigenvalue weighted by Gasteiger charge is -2.22. The smallest absolute Gasteiger partial charge is 0.305 e. The molecule has 0 saturated heterocycles. The van der Waals surface area contributed by atoms with Gasteiger partial charge in [0.15, 0.2) is 5.82 Å². The molecule has 2 aliphatic rings. The van der Waals surface area contributed by atoms with Crippen LogP contribution in [0, 0.1) is 17.8 Å². The van der Waals surface area contributed by atoms with Gasteiger partial charge in [-0.3, -0.25) is 4.79 Å². The van der Waals surface area contributed by atoms with Crippen molar-refractivity contribution < 1.29 is 9.90 Å². The molecule has 1 N–H and O–H groups in total. The molecule has 110 valence electrons. The van der Waals surface area contributed by atoms with E-state index in [9.17, 15) is 4.79 Å². The first-order chi connectivity index (χ1) is 9.67. The van der Waals surface area contributed by atoms with Crippen LogP contribution in [0.15, 0.2) is 0 Å². The van der Waals surface area contributed by atoms with Gasteiger partial charge in [-0.2, -0.15) is 0 Å². The molecule has 4 atom stereocenters. The number of aromatic nitrogens is 4.